The number of aryl methyl sites for hydroxylation is 2. The van der Waals surface area contributed by atoms with Gasteiger partial charge in [-0.15, -0.1) is 0 Å². The molecule has 3 aliphatic rings. The van der Waals surface area contributed by atoms with E-state index in [1.54, 1.807) is 0 Å². The lowest BCUT2D eigenvalue weighted by molar-refractivity contribution is -0.104. The van der Waals surface area contributed by atoms with E-state index < -0.39 is 0 Å². The van der Waals surface area contributed by atoms with E-state index in [1.807, 2.05) is 11.8 Å². The number of piperidine rings is 1. The van der Waals surface area contributed by atoms with Crippen LogP contribution in [0, 0.1) is 18.8 Å². The summed E-state index contributed by atoms with van der Waals surface area (Å²) >= 11 is 0. The number of likely N-dealkylation sites (tertiary alicyclic amines) is 2. The fourth-order valence-corrected chi connectivity index (χ4v) is 4.89. The fourth-order valence-electron chi connectivity index (χ4n) is 4.89. The van der Waals surface area contributed by atoms with Gasteiger partial charge in [0, 0.05) is 52.5 Å². The Bertz CT molecular complexity index is 574. The SMILES string of the molecule is COCC1CCN(CC2CC2)C2(C1)CN(Cc1cc(C)nn1C)C2. The molecule has 5 heteroatoms. The predicted molar refractivity (Wildman–Crippen MR) is 94.9 cm³/mol. The van der Waals surface area contributed by atoms with Crippen molar-refractivity contribution < 1.29 is 4.74 Å². The Morgan fingerprint density at radius 2 is 2.04 bits per heavy atom. The van der Waals surface area contributed by atoms with E-state index in [4.69, 9.17) is 4.74 Å². The van der Waals surface area contributed by atoms with Crippen molar-refractivity contribution in [2.75, 3.05) is 39.9 Å². The van der Waals surface area contributed by atoms with Crippen LogP contribution in [0.5, 0.6) is 0 Å². The van der Waals surface area contributed by atoms with Crippen LogP contribution in [0.15, 0.2) is 6.07 Å². The van der Waals surface area contributed by atoms with Crippen molar-refractivity contribution in [3.63, 3.8) is 0 Å². The lowest BCUT2D eigenvalue weighted by atomic mass is 9.75. The molecule has 24 heavy (non-hydrogen) atoms. The maximum absolute atomic E-state index is 5.47. The first kappa shape index (κ1) is 16.6. The predicted octanol–water partition coefficient (Wildman–Crippen LogP) is 2.05. The Balaban J connectivity index is 1.40. The average Bonchev–Trinajstić information content (AvgIpc) is 3.25. The minimum atomic E-state index is 0.414. The molecule has 1 aromatic heterocycles. The normalized spacial score (nSPS) is 27.5. The molecule has 134 valence electrons. The van der Waals surface area contributed by atoms with E-state index >= 15 is 0 Å². The first-order valence-electron chi connectivity index (χ1n) is 9.54. The van der Waals surface area contributed by atoms with Gasteiger partial charge in [-0.05, 0) is 57.1 Å². The van der Waals surface area contributed by atoms with Crippen LogP contribution < -0.4 is 0 Å². The molecule has 1 aliphatic carbocycles. The fraction of sp³-hybridized carbons (Fsp3) is 0.842. The number of nitrogens with zero attached hydrogens (tertiary/aromatic N) is 4. The van der Waals surface area contributed by atoms with E-state index in [0.717, 1.165) is 30.7 Å². The van der Waals surface area contributed by atoms with Crippen molar-refractivity contribution in [1.82, 2.24) is 19.6 Å². The molecule has 1 aromatic rings. The number of aromatic nitrogens is 2. The number of hydrogen-bond acceptors (Lipinski definition) is 4. The first-order valence-corrected chi connectivity index (χ1v) is 9.54. The third-order valence-electron chi connectivity index (χ3n) is 6.24. The highest BCUT2D eigenvalue weighted by Gasteiger charge is 2.51. The molecular formula is C19H32N4O. The Morgan fingerprint density at radius 3 is 2.67 bits per heavy atom. The average molecular weight is 332 g/mol. The molecule has 5 nitrogen and oxygen atoms in total. The van der Waals surface area contributed by atoms with Crippen molar-refractivity contribution in [3.05, 3.63) is 17.5 Å². The maximum Gasteiger partial charge on any atom is 0.0597 e. The molecule has 1 atom stereocenters. The molecule has 4 rings (SSSR count). The Morgan fingerprint density at radius 1 is 1.25 bits per heavy atom. The number of methoxy groups -OCH3 is 1. The van der Waals surface area contributed by atoms with E-state index in [0.29, 0.717) is 5.54 Å². The minimum Gasteiger partial charge on any atom is -0.384 e. The summed E-state index contributed by atoms with van der Waals surface area (Å²) in [6.07, 6.45) is 5.52. The van der Waals surface area contributed by atoms with Crippen LogP contribution in [-0.4, -0.2) is 65.0 Å². The standard InChI is InChI=1S/C19H32N4O/c1-15-8-18(21(2)20-15)11-22-13-19(14-22)9-17(12-24-3)6-7-23(19)10-16-4-5-16/h8,16-17H,4-7,9-14H2,1-3H3. The molecule has 3 heterocycles. The summed E-state index contributed by atoms with van der Waals surface area (Å²) in [5.41, 5.74) is 2.87. The number of ether oxygens (including phenoxy) is 1. The minimum absolute atomic E-state index is 0.414. The second kappa shape index (κ2) is 6.43. The summed E-state index contributed by atoms with van der Waals surface area (Å²) in [4.78, 5) is 5.44. The zero-order valence-electron chi connectivity index (χ0n) is 15.5. The zero-order valence-corrected chi connectivity index (χ0v) is 15.5. The molecule has 1 spiro atoms. The van der Waals surface area contributed by atoms with Crippen LogP contribution in [-0.2, 0) is 18.3 Å². The second-order valence-corrected chi connectivity index (χ2v) is 8.47. The lowest BCUT2D eigenvalue weighted by Gasteiger charge is -2.60. The first-order chi connectivity index (χ1) is 11.6. The van der Waals surface area contributed by atoms with Gasteiger partial charge in [0.05, 0.1) is 11.4 Å². The van der Waals surface area contributed by atoms with Gasteiger partial charge in [-0.1, -0.05) is 0 Å². The Hall–Kier alpha value is -0.910. The van der Waals surface area contributed by atoms with Gasteiger partial charge in [-0.3, -0.25) is 14.5 Å². The number of hydrogen-bond donors (Lipinski definition) is 0. The summed E-state index contributed by atoms with van der Waals surface area (Å²) in [5.74, 6) is 1.72. The molecule has 0 N–H and O–H groups in total. The second-order valence-electron chi connectivity index (χ2n) is 8.47. The van der Waals surface area contributed by atoms with Crippen LogP contribution in [0.4, 0.5) is 0 Å². The van der Waals surface area contributed by atoms with Crippen molar-refractivity contribution in [2.24, 2.45) is 18.9 Å². The molecule has 0 amide bonds. The van der Waals surface area contributed by atoms with Gasteiger partial charge < -0.3 is 4.74 Å². The summed E-state index contributed by atoms with van der Waals surface area (Å²) in [7, 11) is 3.91. The van der Waals surface area contributed by atoms with E-state index in [2.05, 4.69) is 34.9 Å². The van der Waals surface area contributed by atoms with Crippen LogP contribution in [0.3, 0.4) is 0 Å². The third-order valence-corrected chi connectivity index (χ3v) is 6.24. The third kappa shape index (κ3) is 3.26. The van der Waals surface area contributed by atoms with Crippen LogP contribution in [0.25, 0.3) is 0 Å². The van der Waals surface area contributed by atoms with Gasteiger partial charge in [0.25, 0.3) is 0 Å². The summed E-state index contributed by atoms with van der Waals surface area (Å²) in [6.45, 7) is 9.07. The van der Waals surface area contributed by atoms with Gasteiger partial charge in [0.2, 0.25) is 0 Å². The molecule has 2 saturated heterocycles. The van der Waals surface area contributed by atoms with E-state index in [9.17, 15) is 0 Å². The van der Waals surface area contributed by atoms with Gasteiger partial charge >= 0.3 is 0 Å². The molecular weight excluding hydrogens is 300 g/mol. The molecule has 0 radical (unpaired) electrons. The molecule has 1 unspecified atom stereocenters. The quantitative estimate of drug-likeness (QED) is 0.798. The van der Waals surface area contributed by atoms with Gasteiger partial charge in [-0.2, -0.15) is 5.10 Å². The molecule has 0 aromatic carbocycles. The monoisotopic (exact) mass is 332 g/mol. The van der Waals surface area contributed by atoms with Crippen LogP contribution in [0.2, 0.25) is 0 Å². The van der Waals surface area contributed by atoms with Crippen LogP contribution in [0.1, 0.15) is 37.1 Å². The molecule has 2 aliphatic heterocycles. The zero-order chi connectivity index (χ0) is 16.7. The number of rotatable bonds is 6. The molecule has 3 fully saturated rings. The van der Waals surface area contributed by atoms with Crippen molar-refractivity contribution >= 4 is 0 Å². The van der Waals surface area contributed by atoms with Gasteiger partial charge in [0.15, 0.2) is 0 Å². The van der Waals surface area contributed by atoms with Gasteiger partial charge in [0.1, 0.15) is 0 Å². The van der Waals surface area contributed by atoms with Crippen molar-refractivity contribution in [2.45, 2.75) is 44.7 Å². The largest absolute Gasteiger partial charge is 0.384 e. The summed E-state index contributed by atoms with van der Waals surface area (Å²) < 4.78 is 7.51. The topological polar surface area (TPSA) is 33.5 Å². The molecule has 0 bridgehead atoms. The lowest BCUT2D eigenvalue weighted by Crippen LogP contribution is -2.72. The summed E-state index contributed by atoms with van der Waals surface area (Å²) in [6, 6.07) is 2.22. The van der Waals surface area contributed by atoms with Crippen molar-refractivity contribution in [1.29, 1.82) is 0 Å². The highest BCUT2D eigenvalue weighted by Crippen LogP contribution is 2.42. The van der Waals surface area contributed by atoms with Gasteiger partial charge in [-0.25, -0.2) is 0 Å². The summed E-state index contributed by atoms with van der Waals surface area (Å²) in [5, 5.41) is 4.49. The smallest absolute Gasteiger partial charge is 0.0597 e. The highest BCUT2D eigenvalue weighted by atomic mass is 16.5. The maximum atomic E-state index is 5.47. The Kier molecular flexibility index (Phi) is 4.43. The van der Waals surface area contributed by atoms with Crippen molar-refractivity contribution in [3.8, 4) is 0 Å². The Labute approximate surface area is 145 Å². The van der Waals surface area contributed by atoms with Crippen LogP contribution >= 0.6 is 0 Å². The highest BCUT2D eigenvalue weighted by molar-refractivity contribution is 5.13. The van der Waals surface area contributed by atoms with E-state index in [-0.39, 0.29) is 0 Å². The molecule has 1 saturated carbocycles. The van der Waals surface area contributed by atoms with E-state index in [1.165, 1.54) is 57.6 Å².